The van der Waals surface area contributed by atoms with E-state index >= 15 is 0 Å². The van der Waals surface area contributed by atoms with E-state index in [1.165, 1.54) is 4.90 Å². The Morgan fingerprint density at radius 1 is 1.27 bits per heavy atom. The van der Waals surface area contributed by atoms with Crippen molar-refractivity contribution >= 4 is 17.7 Å². The van der Waals surface area contributed by atoms with E-state index in [1.54, 1.807) is 0 Å². The van der Waals surface area contributed by atoms with Crippen LogP contribution in [0.3, 0.4) is 0 Å². The quantitative estimate of drug-likeness (QED) is 0.508. The smallest absolute Gasteiger partial charge is 0.246 e. The third-order valence-electron chi connectivity index (χ3n) is 2.91. The van der Waals surface area contributed by atoms with Gasteiger partial charge < -0.3 is 10.6 Å². The zero-order valence-corrected chi connectivity index (χ0v) is 8.28. The first-order valence-corrected chi connectivity index (χ1v) is 4.92. The highest BCUT2D eigenvalue weighted by molar-refractivity contribution is 6.03. The molecule has 2 fully saturated rings. The van der Waals surface area contributed by atoms with Crippen LogP contribution < -0.4 is 11.1 Å². The summed E-state index contributed by atoms with van der Waals surface area (Å²) < 4.78 is 0. The summed E-state index contributed by atoms with van der Waals surface area (Å²) in [5.74, 6) is -1.16. The number of hydrogen-bond acceptors (Lipinski definition) is 4. The number of amides is 3. The number of rotatable bonds is 1. The molecule has 1 heterocycles. The lowest BCUT2D eigenvalue weighted by atomic mass is 9.76. The van der Waals surface area contributed by atoms with Crippen LogP contribution in [0.4, 0.5) is 0 Å². The summed E-state index contributed by atoms with van der Waals surface area (Å²) >= 11 is 0. The SMILES string of the molecule is NC1(C(=O)N2CC(=O)NC(=O)C2)CCC1. The van der Waals surface area contributed by atoms with Gasteiger partial charge >= 0.3 is 0 Å². The number of hydrogen-bond donors (Lipinski definition) is 2. The predicted octanol–water partition coefficient (Wildman–Crippen LogP) is -1.65. The van der Waals surface area contributed by atoms with Crippen LogP contribution in [-0.2, 0) is 14.4 Å². The highest BCUT2D eigenvalue weighted by Crippen LogP contribution is 2.31. The summed E-state index contributed by atoms with van der Waals surface area (Å²) in [6.45, 7) is -0.132. The molecule has 0 unspecified atom stereocenters. The Morgan fingerprint density at radius 3 is 2.20 bits per heavy atom. The van der Waals surface area contributed by atoms with Gasteiger partial charge in [0.2, 0.25) is 17.7 Å². The minimum Gasteiger partial charge on any atom is -0.322 e. The van der Waals surface area contributed by atoms with Crippen molar-refractivity contribution in [1.29, 1.82) is 0 Å². The number of nitrogens with two attached hydrogens (primary N) is 1. The van der Waals surface area contributed by atoms with E-state index in [9.17, 15) is 14.4 Å². The minimum absolute atomic E-state index is 0.0659. The lowest BCUT2D eigenvalue weighted by molar-refractivity contribution is -0.150. The Hall–Kier alpha value is -1.43. The van der Waals surface area contributed by atoms with Gasteiger partial charge in [0.1, 0.15) is 13.1 Å². The fourth-order valence-corrected chi connectivity index (χ4v) is 1.87. The zero-order chi connectivity index (χ0) is 11.1. The maximum Gasteiger partial charge on any atom is 0.246 e. The molecule has 0 aromatic rings. The van der Waals surface area contributed by atoms with Gasteiger partial charge in [-0.2, -0.15) is 0 Å². The van der Waals surface area contributed by atoms with Crippen molar-refractivity contribution in [2.24, 2.45) is 5.73 Å². The molecule has 3 N–H and O–H groups in total. The molecule has 6 heteroatoms. The molecular weight excluding hydrogens is 198 g/mol. The average molecular weight is 211 g/mol. The molecule has 0 spiro atoms. The van der Waals surface area contributed by atoms with Crippen LogP contribution in [0.1, 0.15) is 19.3 Å². The molecule has 15 heavy (non-hydrogen) atoms. The zero-order valence-electron chi connectivity index (χ0n) is 8.28. The molecule has 6 nitrogen and oxygen atoms in total. The molecule has 2 aliphatic rings. The summed E-state index contributed by atoms with van der Waals surface area (Å²) in [5.41, 5.74) is 5.00. The van der Waals surface area contributed by atoms with Gasteiger partial charge in [0.15, 0.2) is 0 Å². The largest absolute Gasteiger partial charge is 0.322 e. The van der Waals surface area contributed by atoms with E-state index in [-0.39, 0.29) is 19.0 Å². The molecule has 0 bridgehead atoms. The molecule has 2 rings (SSSR count). The monoisotopic (exact) mass is 211 g/mol. The van der Waals surface area contributed by atoms with Gasteiger partial charge in [0.25, 0.3) is 0 Å². The van der Waals surface area contributed by atoms with Gasteiger partial charge in [0.05, 0.1) is 5.54 Å². The highest BCUT2D eigenvalue weighted by Gasteiger charge is 2.44. The summed E-state index contributed by atoms with van der Waals surface area (Å²) in [6, 6.07) is 0. The van der Waals surface area contributed by atoms with Crippen LogP contribution in [0.25, 0.3) is 0 Å². The van der Waals surface area contributed by atoms with Crippen molar-refractivity contribution in [3.63, 3.8) is 0 Å². The molecule has 0 radical (unpaired) electrons. The van der Waals surface area contributed by atoms with E-state index in [0.29, 0.717) is 12.8 Å². The number of carbonyl (C=O) groups excluding carboxylic acids is 3. The molecule has 0 aromatic carbocycles. The van der Waals surface area contributed by atoms with Crippen molar-refractivity contribution in [2.75, 3.05) is 13.1 Å². The van der Waals surface area contributed by atoms with Crippen LogP contribution in [-0.4, -0.2) is 41.2 Å². The lowest BCUT2D eigenvalue weighted by Gasteiger charge is -2.40. The van der Waals surface area contributed by atoms with Gasteiger partial charge in [-0.05, 0) is 19.3 Å². The van der Waals surface area contributed by atoms with Crippen LogP contribution in [0.15, 0.2) is 0 Å². The van der Waals surface area contributed by atoms with E-state index in [4.69, 9.17) is 5.73 Å². The second kappa shape index (κ2) is 3.30. The van der Waals surface area contributed by atoms with E-state index in [2.05, 4.69) is 5.32 Å². The Labute approximate surface area is 86.8 Å². The summed E-state index contributed by atoms with van der Waals surface area (Å²) in [4.78, 5) is 35.2. The number of imide groups is 1. The molecule has 0 aromatic heterocycles. The fourth-order valence-electron chi connectivity index (χ4n) is 1.87. The maximum atomic E-state index is 11.9. The lowest BCUT2D eigenvalue weighted by Crippen LogP contribution is -2.64. The number of nitrogens with one attached hydrogen (secondary N) is 1. The molecule has 1 aliphatic carbocycles. The summed E-state index contributed by atoms with van der Waals surface area (Å²) in [5, 5.41) is 2.14. The van der Waals surface area contributed by atoms with Crippen LogP contribution in [0.5, 0.6) is 0 Å². The van der Waals surface area contributed by atoms with Crippen molar-refractivity contribution < 1.29 is 14.4 Å². The normalized spacial score (nSPS) is 24.5. The van der Waals surface area contributed by atoms with Crippen LogP contribution >= 0.6 is 0 Å². The Morgan fingerprint density at radius 2 is 1.80 bits per heavy atom. The fraction of sp³-hybridized carbons (Fsp3) is 0.667. The van der Waals surface area contributed by atoms with Gasteiger partial charge in [-0.1, -0.05) is 0 Å². The second-order valence-corrected chi connectivity index (χ2v) is 4.14. The number of carbonyl (C=O) groups is 3. The van der Waals surface area contributed by atoms with E-state index < -0.39 is 17.4 Å². The first-order valence-electron chi connectivity index (χ1n) is 4.92. The Bertz CT molecular complexity index is 319. The maximum absolute atomic E-state index is 11.9. The third kappa shape index (κ3) is 1.72. The minimum atomic E-state index is -0.835. The van der Waals surface area contributed by atoms with Crippen molar-refractivity contribution in [3.8, 4) is 0 Å². The number of piperazine rings is 1. The highest BCUT2D eigenvalue weighted by atomic mass is 16.2. The Kier molecular flexibility index (Phi) is 2.22. The molecule has 1 saturated carbocycles. The van der Waals surface area contributed by atoms with Gasteiger partial charge in [-0.3, -0.25) is 19.7 Å². The summed E-state index contributed by atoms with van der Waals surface area (Å²) in [7, 11) is 0. The standard InChI is InChI=1S/C9H13N3O3/c10-9(2-1-3-9)8(15)12-4-6(13)11-7(14)5-12/h1-5,10H2,(H,11,13,14). The average Bonchev–Trinajstić information content (AvgIpc) is 2.11. The molecule has 0 atom stereocenters. The first-order chi connectivity index (χ1) is 7.01. The topological polar surface area (TPSA) is 92.5 Å². The number of nitrogens with zero attached hydrogens (tertiary/aromatic N) is 1. The second-order valence-electron chi connectivity index (χ2n) is 4.14. The van der Waals surface area contributed by atoms with Crippen molar-refractivity contribution in [2.45, 2.75) is 24.8 Å². The van der Waals surface area contributed by atoms with E-state index in [0.717, 1.165) is 6.42 Å². The molecular formula is C9H13N3O3. The third-order valence-corrected chi connectivity index (χ3v) is 2.91. The van der Waals surface area contributed by atoms with Gasteiger partial charge in [-0.15, -0.1) is 0 Å². The van der Waals surface area contributed by atoms with Crippen molar-refractivity contribution in [3.05, 3.63) is 0 Å². The van der Waals surface area contributed by atoms with Crippen LogP contribution in [0, 0.1) is 0 Å². The van der Waals surface area contributed by atoms with Gasteiger partial charge in [-0.25, -0.2) is 0 Å². The molecule has 82 valence electrons. The molecule has 1 saturated heterocycles. The first kappa shape index (κ1) is 10.1. The molecule has 3 amide bonds. The molecule has 1 aliphatic heterocycles. The van der Waals surface area contributed by atoms with Gasteiger partial charge in [0, 0.05) is 0 Å². The predicted molar refractivity (Wildman–Crippen MR) is 50.5 cm³/mol. The van der Waals surface area contributed by atoms with Crippen molar-refractivity contribution in [1.82, 2.24) is 10.2 Å². The van der Waals surface area contributed by atoms with Crippen LogP contribution in [0.2, 0.25) is 0 Å². The Balaban J connectivity index is 2.06. The van der Waals surface area contributed by atoms with E-state index in [1.807, 2.05) is 0 Å². The summed E-state index contributed by atoms with van der Waals surface area (Å²) in [6.07, 6.45) is 2.20.